The van der Waals surface area contributed by atoms with E-state index in [4.69, 9.17) is 0 Å². The van der Waals surface area contributed by atoms with Gasteiger partial charge in [-0.05, 0) is 56.4 Å². The van der Waals surface area contributed by atoms with E-state index in [9.17, 15) is 0 Å². The minimum Gasteiger partial charge on any atom is -0.377 e. The third kappa shape index (κ3) is 4.32. The number of rotatable bonds is 5. The Kier molecular flexibility index (Phi) is 5.00. The summed E-state index contributed by atoms with van der Waals surface area (Å²) in [6, 6.07) is 13.4. The first-order chi connectivity index (χ1) is 9.95. The lowest BCUT2D eigenvalue weighted by atomic mass is 10.00. The summed E-state index contributed by atoms with van der Waals surface area (Å²) >= 11 is 0. The molecule has 1 atom stereocenters. The highest BCUT2D eigenvalue weighted by Crippen LogP contribution is 2.22. The van der Waals surface area contributed by atoms with Gasteiger partial charge in [-0.1, -0.05) is 38.1 Å². The Hall–Kier alpha value is -1.83. The van der Waals surface area contributed by atoms with Gasteiger partial charge in [-0.15, -0.1) is 0 Å². The van der Waals surface area contributed by atoms with Crippen LogP contribution in [0, 0.1) is 19.8 Å². The van der Waals surface area contributed by atoms with Gasteiger partial charge in [0.2, 0.25) is 0 Å². The van der Waals surface area contributed by atoms with Crippen molar-refractivity contribution in [2.24, 2.45) is 5.92 Å². The van der Waals surface area contributed by atoms with Gasteiger partial charge in [0.05, 0.1) is 11.4 Å². The number of nitrogens with one attached hydrogen (secondary N) is 1. The summed E-state index contributed by atoms with van der Waals surface area (Å²) in [5.41, 5.74) is 5.94. The van der Waals surface area contributed by atoms with Crippen LogP contribution in [0.15, 0.2) is 36.4 Å². The van der Waals surface area contributed by atoms with Crippen LogP contribution in [0.25, 0.3) is 0 Å². The molecule has 1 aromatic carbocycles. The first-order valence-corrected chi connectivity index (χ1v) is 7.75. The fourth-order valence-electron chi connectivity index (χ4n) is 2.57. The van der Waals surface area contributed by atoms with Crippen LogP contribution in [0.1, 0.15) is 49.3 Å². The Bertz CT molecular complexity index is 585. The molecule has 2 rings (SSSR count). The maximum Gasteiger partial charge on any atom is 0.0607 e. The van der Waals surface area contributed by atoms with Crippen LogP contribution < -0.4 is 5.32 Å². The number of pyridine rings is 1. The highest BCUT2D eigenvalue weighted by Gasteiger charge is 2.08. The molecule has 2 heteroatoms. The monoisotopic (exact) mass is 282 g/mol. The van der Waals surface area contributed by atoms with Gasteiger partial charge in [-0.2, -0.15) is 0 Å². The summed E-state index contributed by atoms with van der Waals surface area (Å²) in [7, 11) is 0. The Morgan fingerprint density at radius 2 is 1.62 bits per heavy atom. The summed E-state index contributed by atoms with van der Waals surface area (Å²) in [6.45, 7) is 10.8. The Morgan fingerprint density at radius 3 is 2.19 bits per heavy atom. The zero-order chi connectivity index (χ0) is 15.4. The highest BCUT2D eigenvalue weighted by atomic mass is 14.9. The van der Waals surface area contributed by atoms with Crippen molar-refractivity contribution in [1.82, 2.24) is 4.98 Å². The lowest BCUT2D eigenvalue weighted by Crippen LogP contribution is -2.08. The standard InChI is InChI=1S/C19H26N2/c1-13(2)12-17-7-9-18(10-8-17)15(4)21-19-11-6-14(3)20-16(19)5/h6-11,13,15,21H,12H2,1-5H3. The maximum atomic E-state index is 4.50. The fourth-order valence-corrected chi connectivity index (χ4v) is 2.57. The van der Waals surface area contributed by atoms with Crippen LogP contribution in [-0.2, 0) is 6.42 Å². The van der Waals surface area contributed by atoms with Gasteiger partial charge >= 0.3 is 0 Å². The van der Waals surface area contributed by atoms with Gasteiger partial charge in [0.1, 0.15) is 0 Å². The molecule has 1 N–H and O–H groups in total. The normalized spacial score (nSPS) is 12.5. The number of anilines is 1. The molecule has 0 fully saturated rings. The van der Waals surface area contributed by atoms with E-state index in [0.717, 1.165) is 23.5 Å². The topological polar surface area (TPSA) is 24.9 Å². The summed E-state index contributed by atoms with van der Waals surface area (Å²) in [5.74, 6) is 0.702. The fraction of sp³-hybridized carbons (Fsp3) is 0.421. The number of nitrogens with zero attached hydrogens (tertiary/aromatic N) is 1. The molecule has 0 spiro atoms. The third-order valence-corrected chi connectivity index (χ3v) is 3.72. The van der Waals surface area contributed by atoms with Crippen molar-refractivity contribution < 1.29 is 0 Å². The molecular weight excluding hydrogens is 256 g/mol. The summed E-state index contributed by atoms with van der Waals surface area (Å²) in [6.07, 6.45) is 1.14. The molecule has 0 aliphatic carbocycles. The minimum absolute atomic E-state index is 0.279. The van der Waals surface area contributed by atoms with E-state index in [-0.39, 0.29) is 6.04 Å². The van der Waals surface area contributed by atoms with Crippen molar-refractivity contribution in [3.05, 3.63) is 58.9 Å². The van der Waals surface area contributed by atoms with Crippen molar-refractivity contribution in [2.45, 2.75) is 47.1 Å². The number of hydrogen-bond donors (Lipinski definition) is 1. The Balaban J connectivity index is 2.07. The number of aromatic nitrogens is 1. The van der Waals surface area contributed by atoms with E-state index in [1.54, 1.807) is 0 Å². The average molecular weight is 282 g/mol. The van der Waals surface area contributed by atoms with Crippen LogP contribution in [-0.4, -0.2) is 4.98 Å². The van der Waals surface area contributed by atoms with Crippen LogP contribution in [0.5, 0.6) is 0 Å². The van der Waals surface area contributed by atoms with Crippen molar-refractivity contribution >= 4 is 5.69 Å². The van der Waals surface area contributed by atoms with Gasteiger partial charge in [0.15, 0.2) is 0 Å². The van der Waals surface area contributed by atoms with Crippen LogP contribution in [0.2, 0.25) is 0 Å². The van der Waals surface area contributed by atoms with E-state index in [1.165, 1.54) is 11.1 Å². The van der Waals surface area contributed by atoms with Crippen molar-refractivity contribution in [3.63, 3.8) is 0 Å². The molecule has 2 nitrogen and oxygen atoms in total. The number of benzene rings is 1. The smallest absolute Gasteiger partial charge is 0.0607 e. The van der Waals surface area contributed by atoms with Gasteiger partial charge < -0.3 is 5.32 Å². The summed E-state index contributed by atoms with van der Waals surface area (Å²) in [4.78, 5) is 4.50. The van der Waals surface area contributed by atoms with Gasteiger partial charge in [0, 0.05) is 11.7 Å². The number of hydrogen-bond acceptors (Lipinski definition) is 2. The van der Waals surface area contributed by atoms with Crippen molar-refractivity contribution in [1.29, 1.82) is 0 Å². The molecule has 21 heavy (non-hydrogen) atoms. The summed E-state index contributed by atoms with van der Waals surface area (Å²) < 4.78 is 0. The number of aryl methyl sites for hydroxylation is 2. The van der Waals surface area contributed by atoms with E-state index in [2.05, 4.69) is 61.4 Å². The first kappa shape index (κ1) is 15.6. The van der Waals surface area contributed by atoms with E-state index in [0.29, 0.717) is 5.92 Å². The van der Waals surface area contributed by atoms with Crippen molar-refractivity contribution in [3.8, 4) is 0 Å². The molecule has 0 saturated carbocycles. The second-order valence-electron chi connectivity index (χ2n) is 6.29. The third-order valence-electron chi connectivity index (χ3n) is 3.72. The van der Waals surface area contributed by atoms with E-state index >= 15 is 0 Å². The Labute approximate surface area is 128 Å². The predicted molar refractivity (Wildman–Crippen MR) is 90.7 cm³/mol. The van der Waals surface area contributed by atoms with E-state index in [1.807, 2.05) is 19.9 Å². The average Bonchev–Trinajstić information content (AvgIpc) is 2.42. The first-order valence-electron chi connectivity index (χ1n) is 7.75. The lowest BCUT2D eigenvalue weighted by molar-refractivity contribution is 0.647. The van der Waals surface area contributed by atoms with Crippen LogP contribution >= 0.6 is 0 Å². The van der Waals surface area contributed by atoms with Gasteiger partial charge in [0.25, 0.3) is 0 Å². The zero-order valence-corrected chi connectivity index (χ0v) is 13.8. The van der Waals surface area contributed by atoms with Crippen molar-refractivity contribution in [2.75, 3.05) is 5.32 Å². The molecule has 1 unspecified atom stereocenters. The van der Waals surface area contributed by atoms with Gasteiger partial charge in [-0.25, -0.2) is 0 Å². The molecule has 0 aliphatic heterocycles. The zero-order valence-electron chi connectivity index (χ0n) is 13.8. The SMILES string of the molecule is Cc1ccc(NC(C)c2ccc(CC(C)C)cc2)c(C)n1. The predicted octanol–water partition coefficient (Wildman–Crippen LogP) is 5.07. The largest absolute Gasteiger partial charge is 0.377 e. The quantitative estimate of drug-likeness (QED) is 0.828. The van der Waals surface area contributed by atoms with E-state index < -0.39 is 0 Å². The molecular formula is C19H26N2. The molecule has 1 heterocycles. The second-order valence-corrected chi connectivity index (χ2v) is 6.29. The molecule has 0 bridgehead atoms. The second kappa shape index (κ2) is 6.75. The molecule has 0 aliphatic rings. The molecule has 0 saturated heterocycles. The maximum absolute atomic E-state index is 4.50. The Morgan fingerprint density at radius 1 is 0.952 bits per heavy atom. The molecule has 1 aromatic heterocycles. The minimum atomic E-state index is 0.279. The molecule has 112 valence electrons. The molecule has 0 amide bonds. The van der Waals surface area contributed by atoms with Gasteiger partial charge in [-0.3, -0.25) is 4.98 Å². The summed E-state index contributed by atoms with van der Waals surface area (Å²) in [5, 5.41) is 3.55. The van der Waals surface area contributed by atoms with Crippen LogP contribution in [0.3, 0.4) is 0 Å². The highest BCUT2D eigenvalue weighted by molar-refractivity contribution is 5.49. The lowest BCUT2D eigenvalue weighted by Gasteiger charge is -2.18. The van der Waals surface area contributed by atoms with Crippen LogP contribution in [0.4, 0.5) is 5.69 Å². The molecule has 0 radical (unpaired) electrons. The molecule has 2 aromatic rings.